The maximum Gasteiger partial charge on any atom is 0.253 e. The van der Waals surface area contributed by atoms with E-state index in [-0.39, 0.29) is 11.7 Å². The number of hydrogen-bond donors (Lipinski definition) is 2. The minimum Gasteiger partial charge on any atom is -0.507 e. The number of halogens is 1. The van der Waals surface area contributed by atoms with Crippen molar-refractivity contribution >= 4 is 17.5 Å². The summed E-state index contributed by atoms with van der Waals surface area (Å²) in [7, 11) is 0. The Bertz CT molecular complexity index is 813. The fourth-order valence-electron chi connectivity index (χ4n) is 4.19. The summed E-state index contributed by atoms with van der Waals surface area (Å²) in [4.78, 5) is 14.9. The molecule has 0 aliphatic carbocycles. The van der Waals surface area contributed by atoms with Gasteiger partial charge in [-0.15, -0.1) is 0 Å². The number of nitrogens with one attached hydrogen (secondary N) is 1. The van der Waals surface area contributed by atoms with Crippen molar-refractivity contribution in [3.05, 3.63) is 53.1 Å². The van der Waals surface area contributed by atoms with Gasteiger partial charge in [-0.1, -0.05) is 23.7 Å². The molecule has 2 aromatic rings. The zero-order valence-corrected chi connectivity index (χ0v) is 15.4. The molecular weight excluding hydrogens is 348 g/mol. The highest BCUT2D eigenvalue weighted by molar-refractivity contribution is 6.31. The molecule has 2 heterocycles. The lowest BCUT2D eigenvalue weighted by atomic mass is 9.78. The van der Waals surface area contributed by atoms with Crippen molar-refractivity contribution in [2.45, 2.75) is 19.3 Å². The highest BCUT2D eigenvalue weighted by atomic mass is 35.5. The van der Waals surface area contributed by atoms with E-state index in [2.05, 4.69) is 5.32 Å². The number of phenolic OH excluding ortho intramolecular Hbond substituents is 1. The van der Waals surface area contributed by atoms with E-state index in [1.54, 1.807) is 18.2 Å². The van der Waals surface area contributed by atoms with Crippen LogP contribution in [0.15, 0.2) is 42.5 Å². The largest absolute Gasteiger partial charge is 0.507 e. The summed E-state index contributed by atoms with van der Waals surface area (Å²) in [6.45, 7) is 3.82. The van der Waals surface area contributed by atoms with E-state index >= 15 is 0 Å². The van der Waals surface area contributed by atoms with Gasteiger partial charge in [0.15, 0.2) is 0 Å². The van der Waals surface area contributed by atoms with Crippen LogP contribution in [0.3, 0.4) is 0 Å². The van der Waals surface area contributed by atoms with E-state index in [4.69, 9.17) is 11.6 Å². The summed E-state index contributed by atoms with van der Waals surface area (Å²) in [6.07, 6.45) is 3.42. The van der Waals surface area contributed by atoms with Crippen molar-refractivity contribution in [1.29, 1.82) is 0 Å². The lowest BCUT2D eigenvalue weighted by Crippen LogP contribution is -2.39. The first-order valence-electron chi connectivity index (χ1n) is 9.15. The molecule has 0 unspecified atom stereocenters. The van der Waals surface area contributed by atoms with Crippen LogP contribution in [-0.2, 0) is 0 Å². The Morgan fingerprint density at radius 3 is 2.54 bits per heavy atom. The molecular formula is C21H23ClN2O2. The minimum absolute atomic E-state index is 0.0993. The second-order valence-electron chi connectivity index (χ2n) is 7.47. The Labute approximate surface area is 158 Å². The fraction of sp³-hybridized carbons (Fsp3) is 0.381. The number of nitrogens with zero attached hydrogens (tertiary/aromatic N) is 1. The van der Waals surface area contributed by atoms with E-state index in [0.29, 0.717) is 21.6 Å². The van der Waals surface area contributed by atoms with Crippen molar-refractivity contribution in [2.24, 2.45) is 5.41 Å². The highest BCUT2D eigenvalue weighted by Gasteiger charge is 2.40. The summed E-state index contributed by atoms with van der Waals surface area (Å²) >= 11 is 6.03. The van der Waals surface area contributed by atoms with Crippen LogP contribution < -0.4 is 5.32 Å². The number of amides is 1. The third-order valence-electron chi connectivity index (χ3n) is 5.79. The van der Waals surface area contributed by atoms with Gasteiger partial charge in [0, 0.05) is 29.2 Å². The first kappa shape index (κ1) is 17.4. The molecule has 0 saturated carbocycles. The number of likely N-dealkylation sites (tertiary alicyclic amines) is 1. The topological polar surface area (TPSA) is 52.6 Å². The smallest absolute Gasteiger partial charge is 0.253 e. The molecule has 0 atom stereocenters. The monoisotopic (exact) mass is 370 g/mol. The lowest BCUT2D eigenvalue weighted by Gasteiger charge is -2.33. The highest BCUT2D eigenvalue weighted by Crippen LogP contribution is 2.39. The van der Waals surface area contributed by atoms with Crippen LogP contribution in [0.25, 0.3) is 11.1 Å². The second kappa shape index (κ2) is 6.93. The van der Waals surface area contributed by atoms with Gasteiger partial charge in [0.25, 0.3) is 5.91 Å². The zero-order chi connectivity index (χ0) is 18.1. The molecule has 1 amide bonds. The molecule has 0 aromatic heterocycles. The van der Waals surface area contributed by atoms with E-state index in [1.807, 2.05) is 29.2 Å². The van der Waals surface area contributed by atoms with E-state index < -0.39 is 0 Å². The van der Waals surface area contributed by atoms with Gasteiger partial charge in [-0.05, 0) is 73.7 Å². The van der Waals surface area contributed by atoms with E-state index in [9.17, 15) is 9.90 Å². The normalized spacial score (nSPS) is 19.0. The van der Waals surface area contributed by atoms with Crippen molar-refractivity contribution < 1.29 is 9.90 Å². The number of piperidine rings is 1. The van der Waals surface area contributed by atoms with Gasteiger partial charge in [0.1, 0.15) is 5.75 Å². The number of benzene rings is 2. The number of phenols is 1. The maximum atomic E-state index is 12.9. The lowest BCUT2D eigenvalue weighted by molar-refractivity contribution is 0.0762. The number of carbonyl (C=O) groups is 1. The molecule has 2 N–H and O–H groups in total. The maximum absolute atomic E-state index is 12.9. The first-order chi connectivity index (χ1) is 12.6. The van der Waals surface area contributed by atoms with E-state index in [1.165, 1.54) is 0 Å². The summed E-state index contributed by atoms with van der Waals surface area (Å²) in [5, 5.41) is 14.0. The molecule has 2 aliphatic heterocycles. The predicted molar refractivity (Wildman–Crippen MR) is 104 cm³/mol. The van der Waals surface area contributed by atoms with Crippen molar-refractivity contribution in [2.75, 3.05) is 26.2 Å². The van der Waals surface area contributed by atoms with Gasteiger partial charge in [-0.25, -0.2) is 0 Å². The molecule has 2 aliphatic rings. The van der Waals surface area contributed by atoms with Crippen molar-refractivity contribution in [3.63, 3.8) is 0 Å². The van der Waals surface area contributed by atoms with Crippen molar-refractivity contribution in [3.8, 4) is 16.9 Å². The quantitative estimate of drug-likeness (QED) is 0.842. The summed E-state index contributed by atoms with van der Waals surface area (Å²) < 4.78 is 0. The molecule has 2 aromatic carbocycles. The molecule has 1 spiro atoms. The summed E-state index contributed by atoms with van der Waals surface area (Å²) in [5.41, 5.74) is 2.53. The van der Waals surface area contributed by atoms with Gasteiger partial charge in [-0.3, -0.25) is 4.79 Å². The molecule has 2 fully saturated rings. The number of carbonyl (C=O) groups excluding carboxylic acids is 1. The number of hydrogen-bond acceptors (Lipinski definition) is 3. The first-order valence-corrected chi connectivity index (χ1v) is 9.53. The fourth-order valence-corrected chi connectivity index (χ4v) is 4.36. The van der Waals surface area contributed by atoms with E-state index in [0.717, 1.165) is 51.0 Å². The minimum atomic E-state index is 0.0993. The molecule has 4 nitrogen and oxygen atoms in total. The SMILES string of the molecule is O=C(c1ccc(-c2cc(Cl)ccc2O)cc1)N1CCC2(CCNCC2)C1. The third kappa shape index (κ3) is 3.31. The molecule has 0 radical (unpaired) electrons. The van der Waals surface area contributed by atoms with Gasteiger partial charge < -0.3 is 15.3 Å². The Balaban J connectivity index is 1.50. The van der Waals surface area contributed by atoms with Crippen molar-refractivity contribution in [1.82, 2.24) is 10.2 Å². The van der Waals surface area contributed by atoms with Crippen LogP contribution in [0.5, 0.6) is 5.75 Å². The average Bonchev–Trinajstić information content (AvgIpc) is 3.07. The zero-order valence-electron chi connectivity index (χ0n) is 14.7. The van der Waals surface area contributed by atoms with Gasteiger partial charge >= 0.3 is 0 Å². The molecule has 136 valence electrons. The second-order valence-corrected chi connectivity index (χ2v) is 7.90. The van der Waals surface area contributed by atoms with Crippen LogP contribution in [0.2, 0.25) is 5.02 Å². The Morgan fingerprint density at radius 1 is 1.08 bits per heavy atom. The van der Waals surface area contributed by atoms with Crippen LogP contribution in [0, 0.1) is 5.41 Å². The average molecular weight is 371 g/mol. The summed E-state index contributed by atoms with van der Waals surface area (Å²) in [5.74, 6) is 0.281. The Kier molecular flexibility index (Phi) is 4.63. The van der Waals surface area contributed by atoms with Crippen LogP contribution >= 0.6 is 11.6 Å². The molecule has 4 rings (SSSR count). The van der Waals surface area contributed by atoms with Gasteiger partial charge in [0.05, 0.1) is 0 Å². The number of aromatic hydroxyl groups is 1. The molecule has 2 saturated heterocycles. The Hall–Kier alpha value is -2.04. The molecule has 0 bridgehead atoms. The molecule has 26 heavy (non-hydrogen) atoms. The standard InChI is InChI=1S/C21H23ClN2O2/c22-17-5-6-19(25)18(13-17)15-1-3-16(4-2-15)20(26)24-12-9-21(14-24)7-10-23-11-8-21/h1-6,13,23,25H,7-12,14H2. The third-order valence-corrected chi connectivity index (χ3v) is 6.03. The van der Waals surface area contributed by atoms with Crippen LogP contribution in [-0.4, -0.2) is 42.1 Å². The van der Waals surface area contributed by atoms with Gasteiger partial charge in [-0.2, -0.15) is 0 Å². The van der Waals surface area contributed by atoms with Crippen LogP contribution in [0.1, 0.15) is 29.6 Å². The van der Waals surface area contributed by atoms with Gasteiger partial charge in [0.2, 0.25) is 0 Å². The predicted octanol–water partition coefficient (Wildman–Crippen LogP) is 3.93. The summed E-state index contributed by atoms with van der Waals surface area (Å²) in [6, 6.07) is 12.4. The molecule has 5 heteroatoms. The Morgan fingerprint density at radius 2 is 1.81 bits per heavy atom. The number of rotatable bonds is 2. The van der Waals surface area contributed by atoms with Crippen LogP contribution in [0.4, 0.5) is 0 Å².